The van der Waals surface area contributed by atoms with E-state index in [0.29, 0.717) is 17.3 Å². The SMILES string of the molecule is CNc1cc(N(C)C2CCSC2)c(C(=O)N[C@H]2CC[C@H](C)CC2)cc1N. The van der Waals surface area contributed by atoms with Gasteiger partial charge in [-0.05, 0) is 55.9 Å². The molecule has 2 aliphatic rings. The van der Waals surface area contributed by atoms with E-state index >= 15 is 0 Å². The summed E-state index contributed by atoms with van der Waals surface area (Å²) in [6.45, 7) is 2.29. The van der Waals surface area contributed by atoms with Gasteiger partial charge >= 0.3 is 0 Å². The van der Waals surface area contributed by atoms with Crippen LogP contribution in [0.5, 0.6) is 0 Å². The van der Waals surface area contributed by atoms with E-state index in [1.807, 2.05) is 30.9 Å². The van der Waals surface area contributed by atoms with Crippen molar-refractivity contribution in [1.82, 2.24) is 5.32 Å². The summed E-state index contributed by atoms with van der Waals surface area (Å²) >= 11 is 1.98. The molecular weight excluding hydrogens is 344 g/mol. The molecule has 1 saturated heterocycles. The van der Waals surface area contributed by atoms with Crippen LogP contribution in [0.1, 0.15) is 49.4 Å². The minimum Gasteiger partial charge on any atom is -0.397 e. The maximum absolute atomic E-state index is 13.1. The Bertz CT molecular complexity index is 637. The Balaban J connectivity index is 1.84. The molecule has 26 heavy (non-hydrogen) atoms. The van der Waals surface area contributed by atoms with Gasteiger partial charge in [0.05, 0.1) is 22.6 Å². The number of thioether (sulfide) groups is 1. The van der Waals surface area contributed by atoms with Crippen LogP contribution in [-0.2, 0) is 0 Å². The Labute approximate surface area is 161 Å². The van der Waals surface area contributed by atoms with Gasteiger partial charge in [0, 0.05) is 31.9 Å². The largest absolute Gasteiger partial charge is 0.397 e. The first-order valence-corrected chi connectivity index (χ1v) is 10.9. The molecule has 0 radical (unpaired) electrons. The fraction of sp³-hybridized carbons (Fsp3) is 0.650. The molecule has 1 unspecified atom stereocenters. The zero-order chi connectivity index (χ0) is 18.7. The van der Waals surface area contributed by atoms with Crippen LogP contribution in [0.4, 0.5) is 17.1 Å². The van der Waals surface area contributed by atoms with E-state index in [9.17, 15) is 4.79 Å². The summed E-state index contributed by atoms with van der Waals surface area (Å²) in [5.41, 5.74) is 9.34. The van der Waals surface area contributed by atoms with Gasteiger partial charge in [0.25, 0.3) is 5.91 Å². The number of anilines is 3. The number of hydrogen-bond donors (Lipinski definition) is 3. The van der Waals surface area contributed by atoms with Gasteiger partial charge in [-0.2, -0.15) is 11.8 Å². The Morgan fingerprint density at radius 1 is 1.23 bits per heavy atom. The van der Waals surface area contributed by atoms with Crippen molar-refractivity contribution in [1.29, 1.82) is 0 Å². The van der Waals surface area contributed by atoms with E-state index in [0.717, 1.165) is 42.3 Å². The number of rotatable bonds is 5. The van der Waals surface area contributed by atoms with Gasteiger partial charge in [0.2, 0.25) is 0 Å². The first-order chi connectivity index (χ1) is 12.5. The Hall–Kier alpha value is -1.56. The zero-order valence-electron chi connectivity index (χ0n) is 16.2. The maximum Gasteiger partial charge on any atom is 0.253 e. The molecule has 1 aromatic carbocycles. The van der Waals surface area contributed by atoms with E-state index in [2.05, 4.69) is 29.5 Å². The lowest BCUT2D eigenvalue weighted by atomic mass is 9.87. The molecule has 0 bridgehead atoms. The molecule has 1 aliphatic heterocycles. The third-order valence-corrected chi connectivity index (χ3v) is 7.01. The van der Waals surface area contributed by atoms with Gasteiger partial charge in [-0.25, -0.2) is 0 Å². The number of nitrogens with zero attached hydrogens (tertiary/aromatic N) is 1. The van der Waals surface area contributed by atoms with Gasteiger partial charge < -0.3 is 21.3 Å². The zero-order valence-corrected chi connectivity index (χ0v) is 17.0. The highest BCUT2D eigenvalue weighted by molar-refractivity contribution is 7.99. The van der Waals surface area contributed by atoms with E-state index in [1.54, 1.807) is 0 Å². The fourth-order valence-corrected chi connectivity index (χ4v) is 5.25. The lowest BCUT2D eigenvalue weighted by molar-refractivity contribution is 0.0923. The van der Waals surface area contributed by atoms with E-state index in [4.69, 9.17) is 5.73 Å². The van der Waals surface area contributed by atoms with Crippen LogP contribution < -0.4 is 21.3 Å². The molecule has 2 fully saturated rings. The standard InChI is InChI=1S/C20H32N4OS/c1-13-4-6-14(7-5-13)23-20(25)16-10-17(21)18(22-2)11-19(16)24(3)15-8-9-26-12-15/h10-11,13-15,22H,4-9,12,21H2,1-3H3,(H,23,25)/t13-,14-,15?. The van der Waals surface area contributed by atoms with E-state index in [-0.39, 0.29) is 11.9 Å². The first kappa shape index (κ1) is 19.2. The monoisotopic (exact) mass is 376 g/mol. The van der Waals surface area contributed by atoms with Crippen molar-refractivity contribution in [2.24, 2.45) is 5.92 Å². The van der Waals surface area contributed by atoms with Gasteiger partial charge in [-0.3, -0.25) is 4.79 Å². The van der Waals surface area contributed by atoms with Crippen LogP contribution in [0, 0.1) is 5.92 Å². The number of hydrogen-bond acceptors (Lipinski definition) is 5. The predicted molar refractivity (Wildman–Crippen MR) is 113 cm³/mol. The molecule has 1 aromatic rings. The Morgan fingerprint density at radius 3 is 2.58 bits per heavy atom. The number of amides is 1. The fourth-order valence-electron chi connectivity index (χ4n) is 3.99. The minimum absolute atomic E-state index is 0.00593. The predicted octanol–water partition coefficient (Wildman–Crippen LogP) is 3.56. The number of carbonyl (C=O) groups is 1. The summed E-state index contributed by atoms with van der Waals surface area (Å²) in [4.78, 5) is 15.3. The Kier molecular flexibility index (Phi) is 6.22. The summed E-state index contributed by atoms with van der Waals surface area (Å²) in [6, 6.07) is 4.61. The van der Waals surface area contributed by atoms with Crippen LogP contribution in [0.3, 0.4) is 0 Å². The molecule has 5 nitrogen and oxygen atoms in total. The number of benzene rings is 1. The molecular formula is C20H32N4OS. The molecule has 0 spiro atoms. The minimum atomic E-state index is 0.00593. The smallest absolute Gasteiger partial charge is 0.253 e. The lowest BCUT2D eigenvalue weighted by Gasteiger charge is -2.30. The van der Waals surface area contributed by atoms with E-state index in [1.165, 1.54) is 18.6 Å². The highest BCUT2D eigenvalue weighted by Gasteiger charge is 2.26. The molecule has 1 saturated carbocycles. The van der Waals surface area contributed by atoms with Crippen LogP contribution in [-0.4, -0.2) is 43.6 Å². The first-order valence-electron chi connectivity index (χ1n) is 9.72. The maximum atomic E-state index is 13.1. The molecule has 1 aliphatic carbocycles. The van der Waals surface area contributed by atoms with Crippen molar-refractivity contribution in [2.75, 3.05) is 41.6 Å². The van der Waals surface area contributed by atoms with Crippen LogP contribution in [0.2, 0.25) is 0 Å². The van der Waals surface area contributed by atoms with Crippen molar-refractivity contribution >= 4 is 34.7 Å². The summed E-state index contributed by atoms with van der Waals surface area (Å²) in [7, 11) is 3.96. The van der Waals surface area contributed by atoms with Crippen molar-refractivity contribution in [3.63, 3.8) is 0 Å². The third-order valence-electron chi connectivity index (χ3n) is 5.87. The normalized spacial score (nSPS) is 25.7. The molecule has 1 atom stereocenters. The molecule has 144 valence electrons. The average molecular weight is 377 g/mol. The van der Waals surface area contributed by atoms with Crippen molar-refractivity contribution in [2.45, 2.75) is 51.1 Å². The highest BCUT2D eigenvalue weighted by Crippen LogP contribution is 2.34. The quantitative estimate of drug-likeness (QED) is 0.686. The summed E-state index contributed by atoms with van der Waals surface area (Å²) in [5, 5.41) is 6.40. The van der Waals surface area contributed by atoms with Crippen molar-refractivity contribution in [3.8, 4) is 0 Å². The summed E-state index contributed by atoms with van der Waals surface area (Å²) in [6.07, 6.45) is 5.68. The number of nitrogen functional groups attached to an aromatic ring is 1. The Morgan fingerprint density at radius 2 is 1.96 bits per heavy atom. The van der Waals surface area contributed by atoms with Gasteiger partial charge in [-0.1, -0.05) is 6.92 Å². The van der Waals surface area contributed by atoms with Gasteiger partial charge in [0.15, 0.2) is 0 Å². The molecule has 6 heteroatoms. The van der Waals surface area contributed by atoms with E-state index < -0.39 is 0 Å². The average Bonchev–Trinajstić information content (AvgIpc) is 3.17. The number of nitrogens with two attached hydrogens (primary N) is 1. The second-order valence-electron chi connectivity index (χ2n) is 7.77. The molecule has 4 N–H and O–H groups in total. The molecule has 3 rings (SSSR count). The summed E-state index contributed by atoms with van der Waals surface area (Å²) in [5.74, 6) is 3.07. The van der Waals surface area contributed by atoms with Crippen LogP contribution >= 0.6 is 11.8 Å². The second-order valence-corrected chi connectivity index (χ2v) is 8.92. The van der Waals surface area contributed by atoms with Crippen LogP contribution in [0.15, 0.2) is 12.1 Å². The van der Waals surface area contributed by atoms with Gasteiger partial charge in [0.1, 0.15) is 0 Å². The third kappa shape index (κ3) is 4.22. The summed E-state index contributed by atoms with van der Waals surface area (Å²) < 4.78 is 0. The van der Waals surface area contributed by atoms with Gasteiger partial charge in [-0.15, -0.1) is 0 Å². The molecule has 0 aromatic heterocycles. The van der Waals surface area contributed by atoms with Crippen molar-refractivity contribution in [3.05, 3.63) is 17.7 Å². The number of nitrogens with one attached hydrogen (secondary N) is 2. The van der Waals surface area contributed by atoms with Crippen LogP contribution in [0.25, 0.3) is 0 Å². The van der Waals surface area contributed by atoms with Crippen molar-refractivity contribution < 1.29 is 4.79 Å². The number of carbonyl (C=O) groups excluding carboxylic acids is 1. The highest BCUT2D eigenvalue weighted by atomic mass is 32.2. The second kappa shape index (κ2) is 8.42. The topological polar surface area (TPSA) is 70.4 Å². The lowest BCUT2D eigenvalue weighted by Crippen LogP contribution is -2.39. The molecule has 1 heterocycles. The molecule has 1 amide bonds.